The van der Waals surface area contributed by atoms with Crippen molar-refractivity contribution in [1.29, 1.82) is 0 Å². The van der Waals surface area contributed by atoms with Crippen molar-refractivity contribution in [1.82, 2.24) is 0 Å². The highest BCUT2D eigenvalue weighted by atomic mass is 32.2. The summed E-state index contributed by atoms with van der Waals surface area (Å²) in [7, 11) is 0. The van der Waals surface area contributed by atoms with Gasteiger partial charge in [0.2, 0.25) is 11.6 Å². The van der Waals surface area contributed by atoms with Gasteiger partial charge in [-0.25, -0.2) is 0 Å². The highest BCUT2D eigenvalue weighted by molar-refractivity contribution is 7.99. The Kier molecular flexibility index (Phi) is 2.72. The molecule has 3 rings (SSSR count). The van der Waals surface area contributed by atoms with Crippen molar-refractivity contribution in [3.8, 4) is 0 Å². The maximum atomic E-state index is 12.2. The van der Waals surface area contributed by atoms with E-state index in [0.717, 1.165) is 20.6 Å². The van der Waals surface area contributed by atoms with E-state index in [2.05, 4.69) is 0 Å². The lowest BCUT2D eigenvalue weighted by molar-refractivity contribution is 0.0822. The number of ketones is 2. The van der Waals surface area contributed by atoms with Crippen LogP contribution in [0.25, 0.3) is 10.8 Å². The molecule has 4 heteroatoms. The number of rotatable bonds is 2. The molecule has 0 fully saturated rings. The number of hydrogen-bond acceptors (Lipinski definition) is 4. The van der Waals surface area contributed by atoms with Crippen molar-refractivity contribution in [2.24, 2.45) is 0 Å². The van der Waals surface area contributed by atoms with Crippen LogP contribution in [0, 0.1) is 0 Å². The van der Waals surface area contributed by atoms with Crippen molar-refractivity contribution in [2.75, 3.05) is 12.5 Å². The van der Waals surface area contributed by atoms with Gasteiger partial charge in [-0.1, -0.05) is 12.1 Å². The van der Waals surface area contributed by atoms with Crippen LogP contribution in [0.1, 0.15) is 20.7 Å². The molecule has 0 N–H and O–H groups in total. The molecular formula is C14H10O2S2. The summed E-state index contributed by atoms with van der Waals surface area (Å²) >= 11 is 3.02. The van der Waals surface area contributed by atoms with Crippen LogP contribution >= 0.6 is 23.5 Å². The molecule has 18 heavy (non-hydrogen) atoms. The lowest BCUT2D eigenvalue weighted by Gasteiger charge is -2.06. The second-order valence-corrected chi connectivity index (χ2v) is 5.74. The van der Waals surface area contributed by atoms with Gasteiger partial charge in [0.25, 0.3) is 0 Å². The molecule has 0 bridgehead atoms. The minimum absolute atomic E-state index is 0.360. The number of carbonyl (C=O) groups is 2. The molecular weight excluding hydrogens is 264 g/mol. The van der Waals surface area contributed by atoms with Crippen molar-refractivity contribution < 1.29 is 9.59 Å². The van der Waals surface area contributed by atoms with Crippen LogP contribution < -0.4 is 0 Å². The normalized spacial score (nSPS) is 13.7. The van der Waals surface area contributed by atoms with Gasteiger partial charge in [0.15, 0.2) is 0 Å². The van der Waals surface area contributed by atoms with Gasteiger partial charge < -0.3 is 0 Å². The van der Waals surface area contributed by atoms with Crippen molar-refractivity contribution >= 4 is 45.9 Å². The first-order valence-corrected chi connectivity index (χ1v) is 7.90. The Balaban J connectivity index is 2.53. The predicted molar refractivity (Wildman–Crippen MR) is 76.2 cm³/mol. The number of benzene rings is 2. The second kappa shape index (κ2) is 4.14. The van der Waals surface area contributed by atoms with Gasteiger partial charge in [0, 0.05) is 26.3 Å². The Morgan fingerprint density at radius 3 is 1.61 bits per heavy atom. The molecule has 1 aliphatic rings. The van der Waals surface area contributed by atoms with E-state index in [1.807, 2.05) is 36.8 Å². The first kappa shape index (κ1) is 11.8. The van der Waals surface area contributed by atoms with Crippen LogP contribution in [0.4, 0.5) is 0 Å². The quantitative estimate of drug-likeness (QED) is 0.618. The summed E-state index contributed by atoms with van der Waals surface area (Å²) in [4.78, 5) is 26.1. The Bertz CT molecular complexity index is 648. The van der Waals surface area contributed by atoms with Gasteiger partial charge in [-0.2, -0.15) is 0 Å². The maximum absolute atomic E-state index is 12.2. The SMILES string of the molecule is CSc1ccc2ccc(SC)c3c2c1C(=O)C3=O. The van der Waals surface area contributed by atoms with E-state index in [1.54, 1.807) is 0 Å². The summed E-state index contributed by atoms with van der Waals surface area (Å²) in [5.41, 5.74) is 1.19. The molecule has 0 aliphatic heterocycles. The first-order chi connectivity index (χ1) is 8.69. The molecule has 90 valence electrons. The van der Waals surface area contributed by atoms with Crippen LogP contribution in [0.5, 0.6) is 0 Å². The summed E-state index contributed by atoms with van der Waals surface area (Å²) in [5.74, 6) is -0.720. The molecule has 2 aromatic carbocycles. The molecule has 0 saturated heterocycles. The third-order valence-corrected chi connectivity index (χ3v) is 4.77. The van der Waals surface area contributed by atoms with Crippen LogP contribution in [0.15, 0.2) is 34.1 Å². The molecule has 0 radical (unpaired) electrons. The lowest BCUT2D eigenvalue weighted by atomic mass is 10.1. The number of carbonyl (C=O) groups excluding carboxylic acids is 2. The molecule has 0 atom stereocenters. The van der Waals surface area contributed by atoms with E-state index >= 15 is 0 Å². The van der Waals surface area contributed by atoms with Gasteiger partial charge >= 0.3 is 0 Å². The molecule has 0 amide bonds. The summed E-state index contributed by atoms with van der Waals surface area (Å²) in [5, 5.41) is 1.80. The average Bonchev–Trinajstić information content (AvgIpc) is 2.67. The topological polar surface area (TPSA) is 34.1 Å². The van der Waals surface area contributed by atoms with E-state index in [-0.39, 0.29) is 11.6 Å². The van der Waals surface area contributed by atoms with E-state index in [4.69, 9.17) is 0 Å². The predicted octanol–water partition coefficient (Wildman–Crippen LogP) is 3.66. The smallest absolute Gasteiger partial charge is 0.235 e. The number of hydrogen-bond donors (Lipinski definition) is 0. The first-order valence-electron chi connectivity index (χ1n) is 5.45. The molecule has 0 aromatic heterocycles. The zero-order chi connectivity index (χ0) is 12.9. The molecule has 1 aliphatic carbocycles. The zero-order valence-electron chi connectivity index (χ0n) is 9.94. The Hall–Kier alpha value is -1.26. The Morgan fingerprint density at radius 1 is 0.778 bits per heavy atom. The van der Waals surface area contributed by atoms with Gasteiger partial charge in [0.1, 0.15) is 0 Å². The summed E-state index contributed by atoms with van der Waals surface area (Å²) in [6.45, 7) is 0. The largest absolute Gasteiger partial charge is 0.285 e. The van der Waals surface area contributed by atoms with Crippen LogP contribution in [0.3, 0.4) is 0 Å². The summed E-state index contributed by atoms with van der Waals surface area (Å²) in [6, 6.07) is 7.79. The Morgan fingerprint density at radius 2 is 1.22 bits per heavy atom. The molecule has 0 unspecified atom stereocenters. The highest BCUT2D eigenvalue weighted by Gasteiger charge is 2.34. The van der Waals surface area contributed by atoms with Crippen molar-refractivity contribution in [3.63, 3.8) is 0 Å². The molecule has 0 spiro atoms. The van der Waals surface area contributed by atoms with Crippen LogP contribution in [-0.4, -0.2) is 24.1 Å². The van der Waals surface area contributed by atoms with Gasteiger partial charge in [-0.3, -0.25) is 9.59 Å². The maximum Gasteiger partial charge on any atom is 0.235 e. The van der Waals surface area contributed by atoms with Crippen molar-refractivity contribution in [2.45, 2.75) is 9.79 Å². The number of thioether (sulfide) groups is 2. The molecule has 2 nitrogen and oxygen atoms in total. The van der Waals surface area contributed by atoms with E-state index in [1.165, 1.54) is 23.5 Å². The summed E-state index contributed by atoms with van der Waals surface area (Å²) < 4.78 is 0. The second-order valence-electron chi connectivity index (χ2n) is 4.04. The van der Waals surface area contributed by atoms with Gasteiger partial charge in [-0.15, -0.1) is 23.5 Å². The Labute approximate surface area is 113 Å². The minimum Gasteiger partial charge on any atom is -0.285 e. The minimum atomic E-state index is -0.360. The highest BCUT2D eigenvalue weighted by Crippen LogP contribution is 2.40. The fourth-order valence-corrected chi connectivity index (χ4v) is 3.60. The summed E-state index contributed by atoms with van der Waals surface area (Å²) in [6.07, 6.45) is 3.84. The monoisotopic (exact) mass is 274 g/mol. The van der Waals surface area contributed by atoms with Crippen LogP contribution in [0.2, 0.25) is 0 Å². The van der Waals surface area contributed by atoms with Gasteiger partial charge in [-0.05, 0) is 30.0 Å². The molecule has 0 saturated carbocycles. The van der Waals surface area contributed by atoms with Crippen molar-refractivity contribution in [3.05, 3.63) is 35.4 Å². The van der Waals surface area contributed by atoms with Gasteiger partial charge in [0.05, 0.1) is 0 Å². The fourth-order valence-electron chi connectivity index (χ4n) is 2.40. The fraction of sp³-hybridized carbons (Fsp3) is 0.143. The average molecular weight is 274 g/mol. The zero-order valence-corrected chi connectivity index (χ0v) is 11.6. The number of Topliss-reactive ketones (excluding diaryl/α,β-unsaturated/α-hetero) is 2. The van der Waals surface area contributed by atoms with E-state index in [0.29, 0.717) is 11.1 Å². The standard InChI is InChI=1S/C14H10O2S2/c1-17-8-5-3-7-4-6-9(18-2)12-10(7)11(8)13(15)14(12)16/h3-6H,1-2H3. The molecule has 2 aromatic rings. The third kappa shape index (κ3) is 1.39. The molecule has 0 heterocycles. The van der Waals surface area contributed by atoms with Crippen LogP contribution in [-0.2, 0) is 0 Å². The van der Waals surface area contributed by atoms with E-state index in [9.17, 15) is 9.59 Å². The third-order valence-electron chi connectivity index (χ3n) is 3.21. The lowest BCUT2D eigenvalue weighted by Crippen LogP contribution is -2.07. The van der Waals surface area contributed by atoms with E-state index < -0.39 is 0 Å².